The summed E-state index contributed by atoms with van der Waals surface area (Å²) in [7, 11) is 0. The lowest BCUT2D eigenvalue weighted by molar-refractivity contribution is -0.139. The van der Waals surface area contributed by atoms with E-state index in [0.29, 0.717) is 13.1 Å². The summed E-state index contributed by atoms with van der Waals surface area (Å²) in [5.41, 5.74) is 5.69. The monoisotopic (exact) mass is 227 g/mol. The molecule has 4 N–H and O–H groups in total. The molecule has 0 aromatic heterocycles. The van der Waals surface area contributed by atoms with Crippen LogP contribution in [0, 0.1) is 5.92 Å². The van der Waals surface area contributed by atoms with E-state index in [2.05, 4.69) is 5.32 Å². The number of carbonyl (C=O) groups is 2. The molecule has 0 spiro atoms. The van der Waals surface area contributed by atoms with Gasteiger partial charge in [0, 0.05) is 19.1 Å². The van der Waals surface area contributed by atoms with Crippen molar-refractivity contribution in [1.29, 1.82) is 0 Å². The molecule has 2 aliphatic rings. The van der Waals surface area contributed by atoms with Crippen molar-refractivity contribution in [3.63, 3.8) is 0 Å². The molecule has 2 fully saturated rings. The second kappa shape index (κ2) is 4.29. The number of amides is 2. The maximum atomic E-state index is 11.7. The molecule has 1 aliphatic heterocycles. The fourth-order valence-corrected chi connectivity index (χ4v) is 2.01. The fourth-order valence-electron chi connectivity index (χ4n) is 2.01. The van der Waals surface area contributed by atoms with Crippen molar-refractivity contribution >= 4 is 12.0 Å². The zero-order chi connectivity index (χ0) is 11.7. The molecule has 1 heterocycles. The molecule has 2 rings (SSSR count). The minimum atomic E-state index is -0.945. The Morgan fingerprint density at radius 3 is 2.50 bits per heavy atom. The van der Waals surface area contributed by atoms with Gasteiger partial charge in [-0.15, -0.1) is 0 Å². The molecule has 90 valence electrons. The third-order valence-corrected chi connectivity index (χ3v) is 3.15. The van der Waals surface area contributed by atoms with Crippen LogP contribution >= 0.6 is 0 Å². The van der Waals surface area contributed by atoms with Crippen LogP contribution < -0.4 is 11.1 Å². The SMILES string of the molecule is NC1CCN(C(=O)NC(C(=O)O)C2CC2)C1. The molecule has 0 radical (unpaired) electrons. The Hall–Kier alpha value is -1.30. The largest absolute Gasteiger partial charge is 0.480 e. The third-order valence-electron chi connectivity index (χ3n) is 3.15. The first-order valence-corrected chi connectivity index (χ1v) is 5.61. The highest BCUT2D eigenvalue weighted by molar-refractivity contribution is 5.83. The summed E-state index contributed by atoms with van der Waals surface area (Å²) < 4.78 is 0. The number of hydrogen-bond donors (Lipinski definition) is 3. The number of aliphatic carboxylic acids is 1. The normalized spacial score (nSPS) is 26.6. The number of nitrogens with one attached hydrogen (secondary N) is 1. The van der Waals surface area contributed by atoms with E-state index in [0.717, 1.165) is 19.3 Å². The molecule has 0 aromatic rings. The first kappa shape index (κ1) is 11.2. The molecule has 2 unspecified atom stereocenters. The van der Waals surface area contributed by atoms with Crippen LogP contribution in [0.2, 0.25) is 0 Å². The number of carboxylic acids is 1. The first-order chi connectivity index (χ1) is 7.58. The summed E-state index contributed by atoms with van der Waals surface area (Å²) in [5.74, 6) is -0.836. The number of rotatable bonds is 3. The van der Waals surface area contributed by atoms with Crippen molar-refractivity contribution in [2.24, 2.45) is 11.7 Å². The highest BCUT2D eigenvalue weighted by Gasteiger charge is 2.38. The predicted molar refractivity (Wildman–Crippen MR) is 56.8 cm³/mol. The van der Waals surface area contributed by atoms with Gasteiger partial charge in [-0.25, -0.2) is 9.59 Å². The maximum Gasteiger partial charge on any atom is 0.326 e. The van der Waals surface area contributed by atoms with Gasteiger partial charge in [-0.2, -0.15) is 0 Å². The van der Waals surface area contributed by atoms with Crippen LogP contribution in [0.5, 0.6) is 0 Å². The summed E-state index contributed by atoms with van der Waals surface area (Å²) in [6.07, 6.45) is 2.56. The number of hydrogen-bond acceptors (Lipinski definition) is 3. The Morgan fingerprint density at radius 1 is 1.38 bits per heavy atom. The molecule has 1 saturated heterocycles. The van der Waals surface area contributed by atoms with Crippen LogP contribution in [0.25, 0.3) is 0 Å². The van der Waals surface area contributed by atoms with Crippen molar-refractivity contribution in [3.05, 3.63) is 0 Å². The Balaban J connectivity index is 1.87. The maximum absolute atomic E-state index is 11.7. The van der Waals surface area contributed by atoms with Gasteiger partial charge in [0.15, 0.2) is 0 Å². The highest BCUT2D eigenvalue weighted by Crippen LogP contribution is 2.32. The third kappa shape index (κ3) is 2.44. The van der Waals surface area contributed by atoms with Crippen molar-refractivity contribution in [2.75, 3.05) is 13.1 Å². The van der Waals surface area contributed by atoms with E-state index in [1.807, 2.05) is 0 Å². The number of likely N-dealkylation sites (tertiary alicyclic amines) is 1. The fraction of sp³-hybridized carbons (Fsp3) is 0.800. The van der Waals surface area contributed by atoms with E-state index in [1.165, 1.54) is 0 Å². The van der Waals surface area contributed by atoms with Crippen molar-refractivity contribution in [1.82, 2.24) is 10.2 Å². The summed E-state index contributed by atoms with van der Waals surface area (Å²) in [6.45, 7) is 1.13. The average molecular weight is 227 g/mol. The lowest BCUT2D eigenvalue weighted by Gasteiger charge is -2.20. The molecule has 1 saturated carbocycles. The topological polar surface area (TPSA) is 95.7 Å². The molecule has 2 amide bonds. The summed E-state index contributed by atoms with van der Waals surface area (Å²) in [6, 6.07) is -1.01. The molecule has 2 atom stereocenters. The second-order valence-electron chi connectivity index (χ2n) is 4.60. The van der Waals surface area contributed by atoms with Gasteiger partial charge >= 0.3 is 12.0 Å². The lowest BCUT2D eigenvalue weighted by atomic mass is 10.2. The number of urea groups is 1. The first-order valence-electron chi connectivity index (χ1n) is 5.61. The summed E-state index contributed by atoms with van der Waals surface area (Å²) in [4.78, 5) is 24.3. The lowest BCUT2D eigenvalue weighted by Crippen LogP contribution is -2.48. The number of nitrogens with zero attached hydrogens (tertiary/aromatic N) is 1. The van der Waals surface area contributed by atoms with Crippen LogP contribution in [-0.4, -0.2) is 47.2 Å². The molecular formula is C10H17N3O3. The van der Waals surface area contributed by atoms with Crippen LogP contribution in [0.4, 0.5) is 4.79 Å². The number of carboxylic acid groups (broad SMARTS) is 1. The van der Waals surface area contributed by atoms with Gasteiger partial charge in [0.05, 0.1) is 0 Å². The molecule has 6 heteroatoms. The zero-order valence-electron chi connectivity index (χ0n) is 9.06. The van der Waals surface area contributed by atoms with Crippen molar-refractivity contribution in [2.45, 2.75) is 31.3 Å². The van der Waals surface area contributed by atoms with E-state index < -0.39 is 12.0 Å². The molecular weight excluding hydrogens is 210 g/mol. The molecule has 0 aromatic carbocycles. The molecule has 0 bridgehead atoms. The second-order valence-corrected chi connectivity index (χ2v) is 4.60. The van der Waals surface area contributed by atoms with E-state index in [9.17, 15) is 9.59 Å². The average Bonchev–Trinajstić information content (AvgIpc) is 2.96. The zero-order valence-corrected chi connectivity index (χ0v) is 9.06. The van der Waals surface area contributed by atoms with Crippen LogP contribution in [0.3, 0.4) is 0 Å². The van der Waals surface area contributed by atoms with Crippen molar-refractivity contribution < 1.29 is 14.7 Å². The van der Waals surface area contributed by atoms with Gasteiger partial charge in [-0.05, 0) is 25.2 Å². The van der Waals surface area contributed by atoms with Crippen LogP contribution in [-0.2, 0) is 4.79 Å². The highest BCUT2D eigenvalue weighted by atomic mass is 16.4. The quantitative estimate of drug-likeness (QED) is 0.611. The Kier molecular flexibility index (Phi) is 3.00. The summed E-state index contributed by atoms with van der Waals surface area (Å²) >= 11 is 0. The van der Waals surface area contributed by atoms with Crippen LogP contribution in [0.15, 0.2) is 0 Å². The van der Waals surface area contributed by atoms with Gasteiger partial charge in [0.25, 0.3) is 0 Å². The van der Waals surface area contributed by atoms with E-state index in [4.69, 9.17) is 10.8 Å². The minimum Gasteiger partial charge on any atom is -0.480 e. The molecule has 6 nitrogen and oxygen atoms in total. The standard InChI is InChI=1S/C10H17N3O3/c11-7-3-4-13(5-7)10(16)12-8(9(14)15)6-1-2-6/h6-8H,1-5,11H2,(H,12,16)(H,14,15). The van der Waals surface area contributed by atoms with E-state index in [-0.39, 0.29) is 18.0 Å². The van der Waals surface area contributed by atoms with Gasteiger partial charge in [-0.1, -0.05) is 0 Å². The van der Waals surface area contributed by atoms with Gasteiger partial charge in [0.1, 0.15) is 6.04 Å². The summed E-state index contributed by atoms with van der Waals surface area (Å²) in [5, 5.41) is 11.5. The Bertz CT molecular complexity index is 304. The predicted octanol–water partition coefficient (Wildman–Crippen LogP) is -0.408. The Morgan fingerprint density at radius 2 is 2.06 bits per heavy atom. The smallest absolute Gasteiger partial charge is 0.326 e. The number of nitrogens with two attached hydrogens (primary N) is 1. The Labute approximate surface area is 93.8 Å². The van der Waals surface area contributed by atoms with Crippen LogP contribution in [0.1, 0.15) is 19.3 Å². The van der Waals surface area contributed by atoms with Crippen molar-refractivity contribution in [3.8, 4) is 0 Å². The van der Waals surface area contributed by atoms with Gasteiger partial charge in [0.2, 0.25) is 0 Å². The van der Waals surface area contributed by atoms with Gasteiger partial charge < -0.3 is 21.1 Å². The van der Waals surface area contributed by atoms with E-state index in [1.54, 1.807) is 4.90 Å². The number of carbonyl (C=O) groups excluding carboxylic acids is 1. The minimum absolute atomic E-state index is 0.0231. The van der Waals surface area contributed by atoms with Gasteiger partial charge in [-0.3, -0.25) is 0 Å². The van der Waals surface area contributed by atoms with E-state index >= 15 is 0 Å². The molecule has 16 heavy (non-hydrogen) atoms. The molecule has 1 aliphatic carbocycles.